The molecule has 0 radical (unpaired) electrons. The Bertz CT molecular complexity index is 609. The second kappa shape index (κ2) is 7.92. The minimum atomic E-state index is -0.146. The largest absolute Gasteiger partial charge is 0.376 e. The first-order valence-electron chi connectivity index (χ1n) is 9.73. The molecule has 0 saturated carbocycles. The van der Waals surface area contributed by atoms with Gasteiger partial charge in [0, 0.05) is 39.3 Å². The lowest BCUT2D eigenvalue weighted by Gasteiger charge is -2.39. The van der Waals surface area contributed by atoms with Crippen molar-refractivity contribution in [2.45, 2.75) is 45.8 Å². The van der Waals surface area contributed by atoms with Crippen LogP contribution < -0.4 is 10.2 Å². The van der Waals surface area contributed by atoms with Crippen molar-refractivity contribution in [3.05, 3.63) is 24.0 Å². The van der Waals surface area contributed by atoms with Crippen molar-refractivity contribution in [1.29, 1.82) is 0 Å². The number of carbonyl (C=O) groups is 1. The molecule has 1 N–H and O–H groups in total. The van der Waals surface area contributed by atoms with Crippen LogP contribution in [0.2, 0.25) is 0 Å². The summed E-state index contributed by atoms with van der Waals surface area (Å²) in [5.74, 6) is -0.146. The average molecular weight is 361 g/mol. The number of hydrogen-bond donors (Lipinski definition) is 1. The normalized spacial score (nSPS) is 24.7. The summed E-state index contributed by atoms with van der Waals surface area (Å²) in [6.07, 6.45) is 4.47. The van der Waals surface area contributed by atoms with E-state index in [2.05, 4.69) is 40.9 Å². The number of anilines is 1. The third kappa shape index (κ3) is 4.01. The van der Waals surface area contributed by atoms with E-state index < -0.39 is 0 Å². The Balaban J connectivity index is 1.52. The van der Waals surface area contributed by atoms with Crippen LogP contribution in [0.1, 0.15) is 44.1 Å². The van der Waals surface area contributed by atoms with Crippen LogP contribution in [0.4, 0.5) is 5.69 Å². The molecule has 1 amide bonds. The van der Waals surface area contributed by atoms with Gasteiger partial charge in [0.1, 0.15) is 5.69 Å². The van der Waals surface area contributed by atoms with Crippen LogP contribution in [-0.2, 0) is 4.74 Å². The van der Waals surface area contributed by atoms with Crippen LogP contribution in [0.25, 0.3) is 0 Å². The number of hydrogen-bond acceptors (Lipinski definition) is 5. The molecule has 2 atom stereocenters. The van der Waals surface area contributed by atoms with E-state index >= 15 is 0 Å². The molecule has 0 aliphatic carbocycles. The van der Waals surface area contributed by atoms with E-state index in [4.69, 9.17) is 4.74 Å². The number of amides is 1. The number of ether oxygens (including phenoxy) is 1. The maximum Gasteiger partial charge on any atom is 0.269 e. The van der Waals surface area contributed by atoms with Gasteiger partial charge < -0.3 is 15.0 Å². The number of piperazine rings is 1. The van der Waals surface area contributed by atoms with Crippen molar-refractivity contribution in [2.75, 3.05) is 44.7 Å². The Kier molecular flexibility index (Phi) is 5.82. The summed E-state index contributed by atoms with van der Waals surface area (Å²) in [4.78, 5) is 20.8. The molecule has 2 fully saturated rings. The molecule has 3 heterocycles. The Morgan fingerprint density at radius 1 is 1.31 bits per heavy atom. The zero-order chi connectivity index (χ0) is 18.7. The molecule has 0 bridgehead atoms. The topological polar surface area (TPSA) is 57.7 Å². The van der Waals surface area contributed by atoms with Gasteiger partial charge in [-0.1, -0.05) is 20.8 Å². The number of rotatable bonds is 5. The molecule has 1 aromatic rings. The fourth-order valence-corrected chi connectivity index (χ4v) is 3.82. The van der Waals surface area contributed by atoms with Gasteiger partial charge in [-0.2, -0.15) is 0 Å². The standard InChI is InChI=1S/C20H32N4O2/c1-5-20(2,3)18-12-16(14-26-18)24-10-8-23(9-11-24)15-6-7-17(22-13-15)19(25)21-4/h6-7,13,16,18H,5,8-12,14H2,1-4H3,(H,21,25). The molecule has 144 valence electrons. The van der Waals surface area contributed by atoms with Crippen molar-refractivity contribution < 1.29 is 9.53 Å². The van der Waals surface area contributed by atoms with Crippen molar-refractivity contribution in [1.82, 2.24) is 15.2 Å². The fourth-order valence-electron chi connectivity index (χ4n) is 3.82. The molecule has 26 heavy (non-hydrogen) atoms. The van der Waals surface area contributed by atoms with Crippen LogP contribution in [-0.4, -0.2) is 67.8 Å². The van der Waals surface area contributed by atoms with Crippen molar-refractivity contribution in [3.8, 4) is 0 Å². The SMILES string of the molecule is CCC(C)(C)C1CC(N2CCN(c3ccc(C(=O)NC)nc3)CC2)CO1. The maximum absolute atomic E-state index is 11.6. The van der Waals surface area contributed by atoms with Gasteiger partial charge in [0.15, 0.2) is 0 Å². The monoisotopic (exact) mass is 360 g/mol. The number of aromatic nitrogens is 1. The van der Waals surface area contributed by atoms with Gasteiger partial charge in [0.2, 0.25) is 0 Å². The lowest BCUT2D eigenvalue weighted by Crippen LogP contribution is -2.50. The smallest absolute Gasteiger partial charge is 0.269 e. The number of pyridine rings is 1. The van der Waals surface area contributed by atoms with E-state index in [1.54, 1.807) is 19.3 Å². The van der Waals surface area contributed by atoms with Gasteiger partial charge in [-0.3, -0.25) is 9.69 Å². The van der Waals surface area contributed by atoms with Crippen LogP contribution in [0.5, 0.6) is 0 Å². The summed E-state index contributed by atoms with van der Waals surface area (Å²) < 4.78 is 6.13. The highest BCUT2D eigenvalue weighted by Gasteiger charge is 2.38. The van der Waals surface area contributed by atoms with E-state index in [1.807, 2.05) is 6.07 Å². The summed E-state index contributed by atoms with van der Waals surface area (Å²) in [5, 5.41) is 2.60. The second-order valence-corrected chi connectivity index (χ2v) is 8.06. The van der Waals surface area contributed by atoms with Gasteiger partial charge in [0.05, 0.1) is 24.6 Å². The Morgan fingerprint density at radius 2 is 2.04 bits per heavy atom. The minimum absolute atomic E-state index is 0.146. The number of carbonyl (C=O) groups excluding carboxylic acids is 1. The second-order valence-electron chi connectivity index (χ2n) is 8.06. The molecule has 0 spiro atoms. The van der Waals surface area contributed by atoms with Gasteiger partial charge in [-0.05, 0) is 30.4 Å². The molecule has 6 heteroatoms. The minimum Gasteiger partial charge on any atom is -0.376 e. The molecule has 6 nitrogen and oxygen atoms in total. The number of nitrogens with zero attached hydrogens (tertiary/aromatic N) is 3. The molecule has 2 aliphatic rings. The molecule has 2 aliphatic heterocycles. The van der Waals surface area contributed by atoms with Crippen molar-refractivity contribution >= 4 is 11.6 Å². The van der Waals surface area contributed by atoms with E-state index in [0.29, 0.717) is 17.8 Å². The van der Waals surface area contributed by atoms with E-state index in [0.717, 1.165) is 51.3 Å². The fraction of sp³-hybridized carbons (Fsp3) is 0.700. The van der Waals surface area contributed by atoms with Gasteiger partial charge in [-0.25, -0.2) is 4.98 Å². The maximum atomic E-state index is 11.6. The van der Waals surface area contributed by atoms with Gasteiger partial charge >= 0.3 is 0 Å². The summed E-state index contributed by atoms with van der Waals surface area (Å²) >= 11 is 0. The summed E-state index contributed by atoms with van der Waals surface area (Å²) in [6.45, 7) is 11.8. The molecule has 3 rings (SSSR count). The average Bonchev–Trinajstić information content (AvgIpc) is 3.19. The molecule has 0 aromatic carbocycles. The van der Waals surface area contributed by atoms with Gasteiger partial charge in [0.25, 0.3) is 5.91 Å². The summed E-state index contributed by atoms with van der Waals surface area (Å²) in [5.41, 5.74) is 1.81. The quantitative estimate of drug-likeness (QED) is 0.872. The Morgan fingerprint density at radius 3 is 2.62 bits per heavy atom. The lowest BCUT2D eigenvalue weighted by atomic mass is 9.82. The predicted octanol–water partition coefficient (Wildman–Crippen LogP) is 2.16. The van der Waals surface area contributed by atoms with E-state index in [9.17, 15) is 4.79 Å². The van der Waals surface area contributed by atoms with E-state index in [1.165, 1.54) is 0 Å². The Labute approximate surface area is 156 Å². The van der Waals surface area contributed by atoms with E-state index in [-0.39, 0.29) is 11.3 Å². The zero-order valence-electron chi connectivity index (χ0n) is 16.5. The molecule has 2 saturated heterocycles. The lowest BCUT2D eigenvalue weighted by molar-refractivity contribution is 0.0147. The highest BCUT2D eigenvalue weighted by Crippen LogP contribution is 2.35. The Hall–Kier alpha value is -1.66. The molecule has 1 aromatic heterocycles. The molecular formula is C20H32N4O2. The number of nitrogens with one attached hydrogen (secondary N) is 1. The molecular weight excluding hydrogens is 328 g/mol. The predicted molar refractivity (Wildman–Crippen MR) is 104 cm³/mol. The van der Waals surface area contributed by atoms with Crippen molar-refractivity contribution in [3.63, 3.8) is 0 Å². The van der Waals surface area contributed by atoms with Crippen LogP contribution in [0, 0.1) is 5.41 Å². The highest BCUT2D eigenvalue weighted by atomic mass is 16.5. The zero-order valence-corrected chi connectivity index (χ0v) is 16.5. The van der Waals surface area contributed by atoms with Gasteiger partial charge in [-0.15, -0.1) is 0 Å². The highest BCUT2D eigenvalue weighted by molar-refractivity contribution is 5.92. The summed E-state index contributed by atoms with van der Waals surface area (Å²) in [7, 11) is 1.62. The first-order valence-corrected chi connectivity index (χ1v) is 9.73. The third-order valence-corrected chi connectivity index (χ3v) is 6.16. The van der Waals surface area contributed by atoms with Crippen molar-refractivity contribution in [2.24, 2.45) is 5.41 Å². The molecule has 2 unspecified atom stereocenters. The summed E-state index contributed by atoms with van der Waals surface area (Å²) in [6, 6.07) is 4.33. The third-order valence-electron chi connectivity index (χ3n) is 6.16. The van der Waals surface area contributed by atoms with Crippen LogP contribution in [0.15, 0.2) is 18.3 Å². The van der Waals surface area contributed by atoms with Crippen LogP contribution >= 0.6 is 0 Å². The van der Waals surface area contributed by atoms with Crippen LogP contribution in [0.3, 0.4) is 0 Å². The first-order chi connectivity index (χ1) is 12.4. The first kappa shape index (κ1) is 19.1.